The number of hydrogen-bond acceptors (Lipinski definition) is 4. The smallest absolute Gasteiger partial charge is 0.203 e. The summed E-state index contributed by atoms with van der Waals surface area (Å²) in [6.45, 7) is 0. The van der Waals surface area contributed by atoms with Gasteiger partial charge in [-0.05, 0) is 37.3 Å². The van der Waals surface area contributed by atoms with E-state index in [4.69, 9.17) is 0 Å². The highest BCUT2D eigenvalue weighted by molar-refractivity contribution is 7.14. The monoisotopic (exact) mass is 319 g/mol. The van der Waals surface area contributed by atoms with Gasteiger partial charge in [-0.15, -0.1) is 11.3 Å². The maximum atomic E-state index is 13.7. The molecule has 1 aromatic carbocycles. The molecular formula is C16H15F2N3S. The highest BCUT2D eigenvalue weighted by atomic mass is 32.1. The van der Waals surface area contributed by atoms with E-state index < -0.39 is 11.6 Å². The third-order valence-corrected chi connectivity index (χ3v) is 4.21. The Morgan fingerprint density at radius 2 is 2.23 bits per heavy atom. The Balaban J connectivity index is 1.66. The van der Waals surface area contributed by atoms with Crippen LogP contribution in [0, 0.1) is 17.6 Å². The molecule has 3 nitrogen and oxygen atoms in total. The molecule has 1 heterocycles. The fraction of sp³-hybridized carbons (Fsp3) is 0.250. The Morgan fingerprint density at radius 1 is 1.32 bits per heavy atom. The van der Waals surface area contributed by atoms with Gasteiger partial charge in [0.25, 0.3) is 0 Å². The van der Waals surface area contributed by atoms with Gasteiger partial charge in [0, 0.05) is 23.2 Å². The lowest BCUT2D eigenvalue weighted by Crippen LogP contribution is -2.05. The SMILES string of the molecule is Fc1ccc(-c2csc(NN=CC3CC=CCC3)n2)c(F)c1. The van der Waals surface area contributed by atoms with Crippen LogP contribution in [-0.4, -0.2) is 11.2 Å². The van der Waals surface area contributed by atoms with Gasteiger partial charge in [0.15, 0.2) is 0 Å². The molecule has 1 N–H and O–H groups in total. The first kappa shape index (κ1) is 14.8. The summed E-state index contributed by atoms with van der Waals surface area (Å²) in [5.74, 6) is -0.762. The number of anilines is 1. The number of aromatic nitrogens is 1. The zero-order valence-electron chi connectivity index (χ0n) is 11.8. The van der Waals surface area contributed by atoms with Crippen molar-refractivity contribution in [2.45, 2.75) is 19.3 Å². The predicted octanol–water partition coefficient (Wildman–Crippen LogP) is 4.84. The van der Waals surface area contributed by atoms with Crippen molar-refractivity contribution in [1.29, 1.82) is 0 Å². The molecule has 0 bridgehead atoms. The molecule has 0 radical (unpaired) electrons. The summed E-state index contributed by atoms with van der Waals surface area (Å²) in [6, 6.07) is 3.47. The number of hydrazone groups is 1. The molecule has 1 atom stereocenters. The van der Waals surface area contributed by atoms with Crippen LogP contribution in [-0.2, 0) is 0 Å². The number of nitrogens with zero attached hydrogens (tertiary/aromatic N) is 2. The molecule has 6 heteroatoms. The Morgan fingerprint density at radius 3 is 3.00 bits per heavy atom. The number of rotatable bonds is 4. The molecule has 3 rings (SSSR count). The van der Waals surface area contributed by atoms with E-state index in [9.17, 15) is 8.78 Å². The van der Waals surface area contributed by atoms with Crippen LogP contribution in [0.3, 0.4) is 0 Å². The van der Waals surface area contributed by atoms with Gasteiger partial charge in [-0.3, -0.25) is 5.43 Å². The van der Waals surface area contributed by atoms with Gasteiger partial charge in [-0.25, -0.2) is 13.8 Å². The van der Waals surface area contributed by atoms with Crippen LogP contribution >= 0.6 is 11.3 Å². The Bertz CT molecular complexity index is 709. The molecular weight excluding hydrogens is 304 g/mol. The lowest BCUT2D eigenvalue weighted by molar-refractivity contribution is 0.585. The van der Waals surface area contributed by atoms with E-state index in [-0.39, 0.29) is 5.56 Å². The summed E-state index contributed by atoms with van der Waals surface area (Å²) in [7, 11) is 0. The van der Waals surface area contributed by atoms with Crippen molar-refractivity contribution in [3.8, 4) is 11.3 Å². The number of benzene rings is 1. The summed E-state index contributed by atoms with van der Waals surface area (Å²) in [5.41, 5.74) is 3.63. The summed E-state index contributed by atoms with van der Waals surface area (Å²) in [6.07, 6.45) is 9.44. The Hall–Kier alpha value is -2.08. The number of halogens is 2. The van der Waals surface area contributed by atoms with Crippen molar-refractivity contribution in [2.24, 2.45) is 11.0 Å². The molecule has 0 amide bonds. The van der Waals surface area contributed by atoms with Crippen molar-refractivity contribution < 1.29 is 8.78 Å². The van der Waals surface area contributed by atoms with Gasteiger partial charge < -0.3 is 0 Å². The molecule has 22 heavy (non-hydrogen) atoms. The normalized spacial score (nSPS) is 18.0. The topological polar surface area (TPSA) is 37.3 Å². The molecule has 0 saturated heterocycles. The molecule has 0 fully saturated rings. The maximum absolute atomic E-state index is 13.7. The van der Waals surface area contributed by atoms with Crippen molar-refractivity contribution in [3.05, 3.63) is 47.4 Å². The molecule has 1 unspecified atom stereocenters. The largest absolute Gasteiger partial charge is 0.253 e. The summed E-state index contributed by atoms with van der Waals surface area (Å²) < 4.78 is 26.6. The van der Waals surface area contributed by atoms with Crippen LogP contribution in [0.5, 0.6) is 0 Å². The number of thiazole rings is 1. The van der Waals surface area contributed by atoms with Crippen LogP contribution in [0.15, 0.2) is 40.8 Å². The first-order valence-corrected chi connectivity index (χ1v) is 7.95. The lowest BCUT2D eigenvalue weighted by Gasteiger charge is -2.11. The molecule has 1 aromatic heterocycles. The zero-order chi connectivity index (χ0) is 15.4. The first-order chi connectivity index (χ1) is 10.7. The molecule has 0 spiro atoms. The number of allylic oxidation sites excluding steroid dienone is 2. The molecule has 2 aromatic rings. The average molecular weight is 319 g/mol. The second kappa shape index (κ2) is 6.79. The van der Waals surface area contributed by atoms with E-state index in [1.807, 2.05) is 6.21 Å². The van der Waals surface area contributed by atoms with Gasteiger partial charge in [-0.2, -0.15) is 5.10 Å². The van der Waals surface area contributed by atoms with E-state index in [0.717, 1.165) is 25.3 Å². The van der Waals surface area contributed by atoms with Crippen molar-refractivity contribution in [3.63, 3.8) is 0 Å². The molecule has 0 saturated carbocycles. The quantitative estimate of drug-likeness (QED) is 0.497. The van der Waals surface area contributed by atoms with Gasteiger partial charge in [-0.1, -0.05) is 12.2 Å². The van der Waals surface area contributed by atoms with Gasteiger partial charge in [0.1, 0.15) is 11.6 Å². The highest BCUT2D eigenvalue weighted by Gasteiger charge is 2.10. The van der Waals surface area contributed by atoms with Crippen LogP contribution in [0.25, 0.3) is 11.3 Å². The predicted molar refractivity (Wildman–Crippen MR) is 86.1 cm³/mol. The van der Waals surface area contributed by atoms with Crippen LogP contribution in [0.2, 0.25) is 0 Å². The molecule has 1 aliphatic rings. The van der Waals surface area contributed by atoms with E-state index in [2.05, 4.69) is 27.7 Å². The first-order valence-electron chi connectivity index (χ1n) is 7.07. The maximum Gasteiger partial charge on any atom is 0.203 e. The Labute approximate surface area is 131 Å². The molecule has 114 valence electrons. The minimum Gasteiger partial charge on any atom is -0.253 e. The second-order valence-corrected chi connectivity index (χ2v) is 5.95. The van der Waals surface area contributed by atoms with Gasteiger partial charge in [0.2, 0.25) is 5.13 Å². The summed E-state index contributed by atoms with van der Waals surface area (Å²) in [4.78, 5) is 4.27. The number of nitrogens with one attached hydrogen (secondary N) is 1. The Kier molecular flexibility index (Phi) is 4.58. The summed E-state index contributed by atoms with van der Waals surface area (Å²) >= 11 is 1.33. The summed E-state index contributed by atoms with van der Waals surface area (Å²) in [5, 5.41) is 6.50. The average Bonchev–Trinajstić information content (AvgIpc) is 2.97. The fourth-order valence-corrected chi connectivity index (χ4v) is 2.96. The van der Waals surface area contributed by atoms with Crippen LogP contribution in [0.1, 0.15) is 19.3 Å². The van der Waals surface area contributed by atoms with Gasteiger partial charge in [0.05, 0.1) is 5.69 Å². The third-order valence-electron chi connectivity index (χ3n) is 3.47. The van der Waals surface area contributed by atoms with Crippen molar-refractivity contribution >= 4 is 22.7 Å². The number of hydrogen-bond donors (Lipinski definition) is 1. The van der Waals surface area contributed by atoms with Gasteiger partial charge >= 0.3 is 0 Å². The highest BCUT2D eigenvalue weighted by Crippen LogP contribution is 2.27. The molecule has 0 aliphatic heterocycles. The fourth-order valence-electron chi connectivity index (χ4n) is 2.30. The van der Waals surface area contributed by atoms with E-state index in [1.54, 1.807) is 5.38 Å². The van der Waals surface area contributed by atoms with E-state index in [1.165, 1.54) is 23.5 Å². The van der Waals surface area contributed by atoms with Crippen LogP contribution in [0.4, 0.5) is 13.9 Å². The molecule has 1 aliphatic carbocycles. The standard InChI is InChI=1S/C16H15F2N3S/c17-12-6-7-13(14(18)8-12)15-10-22-16(20-15)21-19-9-11-4-2-1-3-5-11/h1-2,6-11H,3-5H2,(H,20,21). The van der Waals surface area contributed by atoms with Crippen molar-refractivity contribution in [1.82, 2.24) is 4.98 Å². The minimum absolute atomic E-state index is 0.284. The minimum atomic E-state index is -0.616. The second-order valence-electron chi connectivity index (χ2n) is 5.10. The lowest BCUT2D eigenvalue weighted by atomic mass is 9.96. The van der Waals surface area contributed by atoms with Crippen molar-refractivity contribution in [2.75, 3.05) is 5.43 Å². The zero-order valence-corrected chi connectivity index (χ0v) is 12.6. The van der Waals surface area contributed by atoms with E-state index >= 15 is 0 Å². The van der Waals surface area contributed by atoms with E-state index in [0.29, 0.717) is 16.7 Å². The van der Waals surface area contributed by atoms with Crippen LogP contribution < -0.4 is 5.43 Å². The third kappa shape index (κ3) is 3.57.